The van der Waals surface area contributed by atoms with E-state index >= 15 is 0 Å². The normalized spacial score (nSPS) is 14.2. The average Bonchev–Trinajstić information content (AvgIpc) is 2.19. The number of aliphatic hydroxyl groups excluding tert-OH is 1. The minimum atomic E-state index is -0.160. The molecule has 0 amide bonds. The molecule has 0 saturated heterocycles. The summed E-state index contributed by atoms with van der Waals surface area (Å²) in [6, 6.07) is 6.85. The third-order valence-electron chi connectivity index (χ3n) is 2.50. The highest BCUT2D eigenvalue weighted by molar-refractivity contribution is 5.83. The molecule has 0 fully saturated rings. The van der Waals surface area contributed by atoms with Crippen molar-refractivity contribution in [1.82, 2.24) is 0 Å². The molecular formula is C13H19NO2. The van der Waals surface area contributed by atoms with Gasteiger partial charge >= 0.3 is 0 Å². The lowest BCUT2D eigenvalue weighted by molar-refractivity contribution is 0.191. The lowest BCUT2D eigenvalue weighted by Crippen LogP contribution is -2.28. The molecule has 0 spiro atoms. The highest BCUT2D eigenvalue weighted by atomic mass is 16.3. The van der Waals surface area contributed by atoms with E-state index in [9.17, 15) is 10.2 Å². The van der Waals surface area contributed by atoms with Crippen molar-refractivity contribution >= 4 is 6.21 Å². The van der Waals surface area contributed by atoms with Crippen molar-refractivity contribution in [3.63, 3.8) is 0 Å². The van der Waals surface area contributed by atoms with Gasteiger partial charge in [0.2, 0.25) is 0 Å². The Balaban J connectivity index is 2.84. The van der Waals surface area contributed by atoms with E-state index in [1.807, 2.05) is 26.8 Å². The molecule has 1 atom stereocenters. The number of aromatic hydroxyl groups is 1. The summed E-state index contributed by atoms with van der Waals surface area (Å²) in [6.07, 6.45) is 1.61. The fourth-order valence-corrected chi connectivity index (χ4v) is 1.31. The molecule has 1 aromatic carbocycles. The molecule has 0 radical (unpaired) electrons. The van der Waals surface area contributed by atoms with E-state index in [0.717, 1.165) is 0 Å². The van der Waals surface area contributed by atoms with Crippen LogP contribution < -0.4 is 0 Å². The van der Waals surface area contributed by atoms with Gasteiger partial charge in [-0.05, 0) is 17.5 Å². The largest absolute Gasteiger partial charge is 0.507 e. The summed E-state index contributed by atoms with van der Waals surface area (Å²) in [6.45, 7) is 6.08. The highest BCUT2D eigenvalue weighted by Gasteiger charge is 2.22. The molecule has 0 aliphatic heterocycles. The Morgan fingerprint density at radius 1 is 1.31 bits per heavy atom. The number of phenols is 1. The maximum absolute atomic E-state index is 9.55. The number of benzene rings is 1. The molecule has 0 heterocycles. The van der Waals surface area contributed by atoms with E-state index in [0.29, 0.717) is 5.56 Å². The quantitative estimate of drug-likeness (QED) is 0.769. The minimum Gasteiger partial charge on any atom is -0.507 e. The summed E-state index contributed by atoms with van der Waals surface area (Å²) in [7, 11) is 0. The molecule has 0 aliphatic carbocycles. The monoisotopic (exact) mass is 221 g/mol. The second-order valence-electron chi connectivity index (χ2n) is 4.90. The number of phenolic OH excluding ortho intramolecular Hbond substituents is 1. The zero-order chi connectivity index (χ0) is 12.2. The van der Waals surface area contributed by atoms with Gasteiger partial charge in [0.05, 0.1) is 12.6 Å². The molecule has 3 heteroatoms. The van der Waals surface area contributed by atoms with E-state index < -0.39 is 0 Å². The Labute approximate surface area is 96.5 Å². The molecular weight excluding hydrogens is 202 g/mol. The highest BCUT2D eigenvalue weighted by Crippen LogP contribution is 2.22. The SMILES string of the molecule is CC(C)(C)[C@H](CO)N=Cc1ccccc1O. The summed E-state index contributed by atoms with van der Waals surface area (Å²) >= 11 is 0. The number of hydrogen-bond donors (Lipinski definition) is 2. The predicted octanol–water partition coefficient (Wildman–Crippen LogP) is 2.22. The van der Waals surface area contributed by atoms with Crippen molar-refractivity contribution in [3.05, 3.63) is 29.8 Å². The van der Waals surface area contributed by atoms with Crippen molar-refractivity contribution in [2.24, 2.45) is 10.4 Å². The van der Waals surface area contributed by atoms with Gasteiger partial charge < -0.3 is 10.2 Å². The molecule has 2 N–H and O–H groups in total. The Morgan fingerprint density at radius 3 is 2.44 bits per heavy atom. The molecule has 0 aromatic heterocycles. The summed E-state index contributed by atoms with van der Waals surface area (Å²) in [5.74, 6) is 0.205. The van der Waals surface area contributed by atoms with Crippen molar-refractivity contribution in [1.29, 1.82) is 0 Å². The standard InChI is InChI=1S/C13H19NO2/c1-13(2,3)12(9-15)14-8-10-6-4-5-7-11(10)16/h4-8,12,15-16H,9H2,1-3H3/t12-/m0/s1. The van der Waals surface area contributed by atoms with Gasteiger partial charge in [-0.1, -0.05) is 32.9 Å². The fourth-order valence-electron chi connectivity index (χ4n) is 1.31. The van der Waals surface area contributed by atoms with Crippen LogP contribution in [-0.4, -0.2) is 29.1 Å². The first kappa shape index (κ1) is 12.7. The van der Waals surface area contributed by atoms with Gasteiger partial charge in [-0.3, -0.25) is 4.99 Å². The molecule has 16 heavy (non-hydrogen) atoms. The van der Waals surface area contributed by atoms with Crippen LogP contribution in [0.5, 0.6) is 5.75 Å². The summed E-state index contributed by atoms with van der Waals surface area (Å²) in [5.41, 5.74) is 0.584. The zero-order valence-electron chi connectivity index (χ0n) is 10.0. The molecule has 1 aromatic rings. The molecule has 3 nitrogen and oxygen atoms in total. The van der Waals surface area contributed by atoms with Gasteiger partial charge in [0.15, 0.2) is 0 Å². The van der Waals surface area contributed by atoms with Crippen molar-refractivity contribution in [2.75, 3.05) is 6.61 Å². The topological polar surface area (TPSA) is 52.8 Å². The number of aliphatic hydroxyl groups is 1. The number of rotatable bonds is 3. The predicted molar refractivity (Wildman–Crippen MR) is 66.0 cm³/mol. The molecule has 0 saturated carbocycles. The maximum atomic E-state index is 9.55. The molecule has 88 valence electrons. The van der Waals surface area contributed by atoms with Crippen LogP contribution in [0.15, 0.2) is 29.3 Å². The van der Waals surface area contributed by atoms with Crippen LogP contribution in [0, 0.1) is 5.41 Å². The van der Waals surface area contributed by atoms with Gasteiger partial charge in [0, 0.05) is 11.8 Å². The lowest BCUT2D eigenvalue weighted by Gasteiger charge is -2.25. The van der Waals surface area contributed by atoms with E-state index in [4.69, 9.17) is 0 Å². The summed E-state index contributed by atoms with van der Waals surface area (Å²) in [4.78, 5) is 4.31. The van der Waals surface area contributed by atoms with E-state index in [1.165, 1.54) is 0 Å². The van der Waals surface area contributed by atoms with Crippen LogP contribution in [0.1, 0.15) is 26.3 Å². The van der Waals surface area contributed by atoms with E-state index in [2.05, 4.69) is 4.99 Å². The minimum absolute atomic E-state index is 0.00754. The summed E-state index contributed by atoms with van der Waals surface area (Å²) < 4.78 is 0. The zero-order valence-corrected chi connectivity index (χ0v) is 10.0. The Hall–Kier alpha value is -1.35. The maximum Gasteiger partial charge on any atom is 0.124 e. The molecule has 0 unspecified atom stereocenters. The number of nitrogens with zero attached hydrogens (tertiary/aromatic N) is 1. The van der Waals surface area contributed by atoms with Gasteiger partial charge in [0.1, 0.15) is 5.75 Å². The third kappa shape index (κ3) is 3.35. The number of aliphatic imine (C=N–C) groups is 1. The lowest BCUT2D eigenvalue weighted by atomic mass is 9.88. The Kier molecular flexibility index (Phi) is 4.07. The van der Waals surface area contributed by atoms with E-state index in [-0.39, 0.29) is 23.8 Å². The molecule has 0 aliphatic rings. The smallest absolute Gasteiger partial charge is 0.124 e. The van der Waals surface area contributed by atoms with Crippen molar-refractivity contribution < 1.29 is 10.2 Å². The first-order valence-electron chi connectivity index (χ1n) is 5.37. The van der Waals surface area contributed by atoms with Gasteiger partial charge in [-0.25, -0.2) is 0 Å². The fraction of sp³-hybridized carbons (Fsp3) is 0.462. The van der Waals surface area contributed by atoms with Crippen LogP contribution in [0.2, 0.25) is 0 Å². The molecule has 0 bridgehead atoms. The first-order chi connectivity index (χ1) is 7.45. The van der Waals surface area contributed by atoms with Gasteiger partial charge in [-0.2, -0.15) is 0 Å². The van der Waals surface area contributed by atoms with Crippen LogP contribution >= 0.6 is 0 Å². The van der Waals surface area contributed by atoms with Crippen LogP contribution in [-0.2, 0) is 0 Å². The average molecular weight is 221 g/mol. The first-order valence-corrected chi connectivity index (χ1v) is 5.37. The second-order valence-corrected chi connectivity index (χ2v) is 4.90. The van der Waals surface area contributed by atoms with Crippen LogP contribution in [0.25, 0.3) is 0 Å². The second kappa shape index (κ2) is 5.12. The van der Waals surface area contributed by atoms with Gasteiger partial charge in [0.25, 0.3) is 0 Å². The van der Waals surface area contributed by atoms with E-state index in [1.54, 1.807) is 24.4 Å². The van der Waals surface area contributed by atoms with Crippen molar-refractivity contribution in [2.45, 2.75) is 26.8 Å². The Morgan fingerprint density at radius 2 is 1.94 bits per heavy atom. The number of hydrogen-bond acceptors (Lipinski definition) is 3. The number of para-hydroxylation sites is 1. The third-order valence-corrected chi connectivity index (χ3v) is 2.50. The van der Waals surface area contributed by atoms with Gasteiger partial charge in [-0.15, -0.1) is 0 Å². The Bertz CT molecular complexity index is 366. The summed E-state index contributed by atoms with van der Waals surface area (Å²) in [5, 5.41) is 18.8. The molecule has 1 rings (SSSR count). The van der Waals surface area contributed by atoms with Crippen molar-refractivity contribution in [3.8, 4) is 5.75 Å². The van der Waals surface area contributed by atoms with Crippen LogP contribution in [0.3, 0.4) is 0 Å². The van der Waals surface area contributed by atoms with Crippen LogP contribution in [0.4, 0.5) is 0 Å².